The molecule has 1 atom stereocenters. The molecule has 12 heteroatoms. The van der Waals surface area contributed by atoms with Crippen molar-refractivity contribution in [3.05, 3.63) is 85.0 Å². The van der Waals surface area contributed by atoms with E-state index in [1.54, 1.807) is 0 Å². The van der Waals surface area contributed by atoms with Gasteiger partial charge >= 0.3 is 23.9 Å². The van der Waals surface area contributed by atoms with Crippen molar-refractivity contribution < 1.29 is 39.6 Å². The first-order chi connectivity index (χ1) is 18.1. The third-order valence-electron chi connectivity index (χ3n) is 4.87. The zero-order chi connectivity index (χ0) is 28.1. The van der Waals surface area contributed by atoms with E-state index in [0.29, 0.717) is 30.3 Å². The maximum Gasteiger partial charge on any atom is 0.328 e. The summed E-state index contributed by atoms with van der Waals surface area (Å²) in [6.45, 7) is 3.15. The third kappa shape index (κ3) is 9.77. The maximum absolute atomic E-state index is 9.55. The number of aryl methyl sites for hydroxylation is 1. The van der Waals surface area contributed by atoms with Gasteiger partial charge in [-0.3, -0.25) is 0 Å². The highest BCUT2D eigenvalue weighted by Gasteiger charge is 2.19. The van der Waals surface area contributed by atoms with Crippen LogP contribution in [0.2, 0.25) is 0 Å². The Labute approximate surface area is 216 Å². The van der Waals surface area contributed by atoms with Crippen LogP contribution < -0.4 is 5.32 Å². The smallest absolute Gasteiger partial charge is 0.328 e. The van der Waals surface area contributed by atoms with Gasteiger partial charge in [0.05, 0.1) is 12.0 Å². The molecule has 0 amide bonds. The second kappa shape index (κ2) is 14.3. The first kappa shape index (κ1) is 29.0. The number of aliphatic carboxylic acids is 4. The standard InChI is InChI=1S/C18H18N4.2C4H4O4/c1-13(8-10-22-11-9-19-12-22)20-18-15-6-2-4-14-5-3-7-16(21-18)17(14)15;2*5-3(6)1-2-4(7)8/h2-7,9,11-13H,8,10H2,1H3,(H,20,21);2*1-2H,(H,5,6)(H,7,8). The molecule has 0 saturated heterocycles. The summed E-state index contributed by atoms with van der Waals surface area (Å²) in [5.74, 6) is -4.04. The van der Waals surface area contributed by atoms with E-state index in [9.17, 15) is 19.2 Å². The number of imidazole rings is 1. The van der Waals surface area contributed by atoms with Crippen molar-refractivity contribution in [3.8, 4) is 0 Å². The SMILES string of the molecule is CC(CCn1ccnc1)NC1=Nc2cccc3cccc1c23.O=C(O)C=CC(=O)O.O=C(O)C=CC(=O)O. The highest BCUT2D eigenvalue weighted by molar-refractivity contribution is 6.18. The minimum atomic E-state index is -1.26. The number of aliphatic imine (C=N–C) groups is 1. The fourth-order valence-corrected chi connectivity index (χ4v) is 3.25. The summed E-state index contributed by atoms with van der Waals surface area (Å²) in [5, 5.41) is 37.3. The molecule has 38 heavy (non-hydrogen) atoms. The van der Waals surface area contributed by atoms with Gasteiger partial charge in [-0.05, 0) is 24.8 Å². The minimum absolute atomic E-state index is 0.353. The minimum Gasteiger partial charge on any atom is -0.478 e. The molecule has 0 radical (unpaired) electrons. The van der Waals surface area contributed by atoms with Crippen LogP contribution in [0, 0.1) is 0 Å². The monoisotopic (exact) mass is 522 g/mol. The van der Waals surface area contributed by atoms with Gasteiger partial charge in [-0.1, -0.05) is 30.3 Å². The lowest BCUT2D eigenvalue weighted by molar-refractivity contribution is -0.134. The Morgan fingerprint density at radius 2 is 1.45 bits per heavy atom. The molecule has 2 aromatic carbocycles. The van der Waals surface area contributed by atoms with Crippen molar-refractivity contribution in [1.29, 1.82) is 0 Å². The van der Waals surface area contributed by atoms with Gasteiger partial charge in [-0.2, -0.15) is 0 Å². The highest BCUT2D eigenvalue weighted by Crippen LogP contribution is 2.34. The largest absolute Gasteiger partial charge is 0.478 e. The number of rotatable bonds is 8. The molecule has 0 bridgehead atoms. The molecular weight excluding hydrogens is 496 g/mol. The first-order valence-electron chi connectivity index (χ1n) is 11.2. The number of carbonyl (C=O) groups is 4. The molecular formula is C26H26N4O8. The van der Waals surface area contributed by atoms with Crippen molar-refractivity contribution in [2.75, 3.05) is 0 Å². The predicted molar refractivity (Wildman–Crippen MR) is 138 cm³/mol. The zero-order valence-corrected chi connectivity index (χ0v) is 20.3. The molecule has 12 nitrogen and oxygen atoms in total. The van der Waals surface area contributed by atoms with Crippen LogP contribution >= 0.6 is 0 Å². The number of nitrogens with zero attached hydrogens (tertiary/aromatic N) is 3. The molecule has 1 unspecified atom stereocenters. The number of hydrogen-bond donors (Lipinski definition) is 5. The molecule has 0 spiro atoms. The van der Waals surface area contributed by atoms with Gasteiger partial charge in [0, 0.05) is 60.2 Å². The van der Waals surface area contributed by atoms with Crippen LogP contribution in [-0.4, -0.2) is 65.7 Å². The fraction of sp³-hybridized carbons (Fsp3) is 0.154. The van der Waals surface area contributed by atoms with Crippen LogP contribution in [0.4, 0.5) is 5.69 Å². The topological polar surface area (TPSA) is 191 Å². The number of carboxylic acids is 4. The van der Waals surface area contributed by atoms with Gasteiger partial charge in [0.15, 0.2) is 0 Å². The second-order valence-corrected chi connectivity index (χ2v) is 7.80. The van der Waals surface area contributed by atoms with E-state index < -0.39 is 23.9 Å². The first-order valence-corrected chi connectivity index (χ1v) is 11.2. The molecule has 1 aliphatic heterocycles. The molecule has 4 rings (SSSR count). The molecule has 3 aromatic rings. The molecule has 1 aromatic heterocycles. The summed E-state index contributed by atoms with van der Waals surface area (Å²) in [7, 11) is 0. The van der Waals surface area contributed by atoms with Gasteiger partial charge < -0.3 is 30.3 Å². The second-order valence-electron chi connectivity index (χ2n) is 7.80. The van der Waals surface area contributed by atoms with Crippen LogP contribution in [0.15, 0.2) is 84.4 Å². The van der Waals surface area contributed by atoms with E-state index in [0.717, 1.165) is 24.5 Å². The number of amidine groups is 1. The fourth-order valence-electron chi connectivity index (χ4n) is 3.25. The summed E-state index contributed by atoms with van der Waals surface area (Å²) in [6.07, 6.45) is 8.93. The average molecular weight is 523 g/mol. The quantitative estimate of drug-likeness (QED) is 0.275. The number of nitrogens with one attached hydrogen (secondary N) is 1. The Kier molecular flexibility index (Phi) is 10.9. The molecule has 0 aliphatic carbocycles. The van der Waals surface area contributed by atoms with Gasteiger partial charge in [0.25, 0.3) is 0 Å². The summed E-state index contributed by atoms with van der Waals surface area (Å²) in [4.78, 5) is 47.1. The number of benzene rings is 2. The van der Waals surface area contributed by atoms with Crippen molar-refractivity contribution in [3.63, 3.8) is 0 Å². The molecule has 0 saturated carbocycles. The van der Waals surface area contributed by atoms with Crippen LogP contribution in [0.3, 0.4) is 0 Å². The van der Waals surface area contributed by atoms with Crippen LogP contribution in [0.5, 0.6) is 0 Å². The van der Waals surface area contributed by atoms with E-state index in [1.165, 1.54) is 16.3 Å². The van der Waals surface area contributed by atoms with Crippen molar-refractivity contribution in [1.82, 2.24) is 14.9 Å². The van der Waals surface area contributed by atoms with E-state index in [1.807, 2.05) is 18.7 Å². The number of carboxylic acid groups (broad SMARTS) is 4. The van der Waals surface area contributed by atoms with Gasteiger partial charge in [0.1, 0.15) is 5.84 Å². The number of aromatic nitrogens is 2. The van der Waals surface area contributed by atoms with E-state index in [2.05, 4.69) is 58.2 Å². The Morgan fingerprint density at radius 3 is 1.95 bits per heavy atom. The normalized spacial score (nSPS) is 12.2. The number of hydrogen-bond acceptors (Lipinski definition) is 7. The van der Waals surface area contributed by atoms with Crippen molar-refractivity contribution >= 4 is 46.2 Å². The van der Waals surface area contributed by atoms with Crippen molar-refractivity contribution in [2.24, 2.45) is 4.99 Å². The predicted octanol–water partition coefficient (Wildman–Crippen LogP) is 2.92. The zero-order valence-electron chi connectivity index (χ0n) is 20.3. The Bertz CT molecular complexity index is 1310. The lowest BCUT2D eigenvalue weighted by Gasteiger charge is -2.16. The van der Waals surface area contributed by atoms with Gasteiger partial charge in [-0.25, -0.2) is 29.2 Å². The summed E-state index contributed by atoms with van der Waals surface area (Å²) < 4.78 is 2.10. The van der Waals surface area contributed by atoms with E-state index in [4.69, 9.17) is 25.4 Å². The average Bonchev–Trinajstić information content (AvgIpc) is 3.51. The lowest BCUT2D eigenvalue weighted by Crippen LogP contribution is -2.33. The molecule has 2 heterocycles. The lowest BCUT2D eigenvalue weighted by atomic mass is 10.0. The maximum atomic E-state index is 9.55. The Morgan fingerprint density at radius 1 is 0.895 bits per heavy atom. The van der Waals surface area contributed by atoms with Crippen molar-refractivity contribution in [2.45, 2.75) is 25.9 Å². The van der Waals surface area contributed by atoms with E-state index in [-0.39, 0.29) is 0 Å². The Balaban J connectivity index is 0.000000264. The molecule has 1 aliphatic rings. The van der Waals surface area contributed by atoms with Crippen LogP contribution in [0.1, 0.15) is 18.9 Å². The molecule has 198 valence electrons. The van der Waals surface area contributed by atoms with Gasteiger partial charge in [-0.15, -0.1) is 0 Å². The summed E-state index contributed by atoms with van der Waals surface area (Å²) in [5.41, 5.74) is 2.28. The highest BCUT2D eigenvalue weighted by atomic mass is 16.4. The van der Waals surface area contributed by atoms with Gasteiger partial charge in [0.2, 0.25) is 0 Å². The molecule has 5 N–H and O–H groups in total. The van der Waals surface area contributed by atoms with Crippen LogP contribution in [-0.2, 0) is 25.7 Å². The molecule has 0 fully saturated rings. The van der Waals surface area contributed by atoms with E-state index >= 15 is 0 Å². The van der Waals surface area contributed by atoms with Crippen LogP contribution in [0.25, 0.3) is 10.8 Å². The Hall–Kier alpha value is -5.26. The summed E-state index contributed by atoms with van der Waals surface area (Å²) >= 11 is 0. The third-order valence-corrected chi connectivity index (χ3v) is 4.87. The summed E-state index contributed by atoms with van der Waals surface area (Å²) in [6, 6.07) is 13.0.